The zero-order valence-corrected chi connectivity index (χ0v) is 18.4. The van der Waals surface area contributed by atoms with E-state index >= 15 is 0 Å². The molecule has 9 nitrogen and oxygen atoms in total. The van der Waals surface area contributed by atoms with Crippen LogP contribution in [-0.2, 0) is 23.9 Å². The average molecular weight is 492 g/mol. The number of amides is 4. The molecule has 0 aromatic heterocycles. The molecule has 10 heteroatoms. The van der Waals surface area contributed by atoms with Gasteiger partial charge in [-0.3, -0.25) is 34.9 Å². The molecule has 5 atom stereocenters. The van der Waals surface area contributed by atoms with Crippen LogP contribution >= 0.6 is 15.9 Å². The number of ether oxygens (including phenoxy) is 1. The van der Waals surface area contributed by atoms with Crippen molar-refractivity contribution in [3.63, 3.8) is 0 Å². The van der Waals surface area contributed by atoms with Gasteiger partial charge in [-0.2, -0.15) is 0 Å². The van der Waals surface area contributed by atoms with Crippen LogP contribution in [-0.4, -0.2) is 47.1 Å². The summed E-state index contributed by atoms with van der Waals surface area (Å²) in [5.41, 5.74) is 4.71. The third-order valence-electron chi connectivity index (χ3n) is 6.46. The maximum absolute atomic E-state index is 12.8. The average Bonchev–Trinajstić information content (AvgIpc) is 3.44. The monoisotopic (exact) mass is 491 g/mol. The number of hydrogen-bond acceptors (Lipinski definition) is 6. The molecule has 164 valence electrons. The molecule has 0 radical (unpaired) electrons. The molecule has 4 rings (SSSR count). The van der Waals surface area contributed by atoms with Crippen LogP contribution in [0.2, 0.25) is 0 Å². The predicted molar refractivity (Wildman–Crippen MR) is 110 cm³/mol. The van der Waals surface area contributed by atoms with Crippen LogP contribution < -0.4 is 10.9 Å². The minimum Gasteiger partial charge on any atom is -0.454 e. The number of nitrogens with one attached hydrogen (secondary N) is 2. The van der Waals surface area contributed by atoms with E-state index in [4.69, 9.17) is 4.74 Å². The van der Waals surface area contributed by atoms with Gasteiger partial charge >= 0.3 is 5.97 Å². The molecule has 0 unspecified atom stereocenters. The van der Waals surface area contributed by atoms with E-state index in [1.807, 2.05) is 0 Å². The summed E-state index contributed by atoms with van der Waals surface area (Å²) in [7, 11) is 0. The quantitative estimate of drug-likeness (QED) is 0.362. The second-order valence-electron chi connectivity index (χ2n) is 8.22. The molecule has 2 bridgehead atoms. The lowest BCUT2D eigenvalue weighted by molar-refractivity contribution is -0.160. The normalized spacial score (nSPS) is 27.1. The van der Waals surface area contributed by atoms with E-state index in [1.165, 1.54) is 6.92 Å². The van der Waals surface area contributed by atoms with Gasteiger partial charge in [-0.15, -0.1) is 0 Å². The number of hydrogen-bond donors (Lipinski definition) is 2. The molecule has 1 aliphatic heterocycles. The van der Waals surface area contributed by atoms with E-state index in [2.05, 4.69) is 26.8 Å². The van der Waals surface area contributed by atoms with Crippen LogP contribution in [0.15, 0.2) is 28.7 Å². The highest BCUT2D eigenvalue weighted by molar-refractivity contribution is 9.10. The highest BCUT2D eigenvalue weighted by Gasteiger charge is 2.62. The van der Waals surface area contributed by atoms with Gasteiger partial charge in [0, 0.05) is 10.0 Å². The molecule has 1 heterocycles. The highest BCUT2D eigenvalue weighted by atomic mass is 79.9. The first kappa shape index (κ1) is 21.5. The fourth-order valence-corrected chi connectivity index (χ4v) is 5.28. The lowest BCUT2D eigenvalue weighted by Crippen LogP contribution is -2.47. The number of fused-ring (bicyclic) bond motifs is 5. The number of hydrazine groups is 1. The summed E-state index contributed by atoms with van der Waals surface area (Å²) in [4.78, 5) is 62.8. The number of nitrogens with zero attached hydrogens (tertiary/aromatic N) is 1. The molecule has 1 saturated heterocycles. The van der Waals surface area contributed by atoms with Gasteiger partial charge in [-0.1, -0.05) is 15.9 Å². The van der Waals surface area contributed by atoms with Crippen molar-refractivity contribution >= 4 is 45.5 Å². The number of likely N-dealkylation sites (tertiary alicyclic amines) is 1. The number of esters is 1. The summed E-state index contributed by atoms with van der Waals surface area (Å²) in [6.45, 7) is 0.770. The van der Waals surface area contributed by atoms with E-state index in [0.717, 1.165) is 28.6 Å². The number of carbonyl (C=O) groups is 5. The van der Waals surface area contributed by atoms with Gasteiger partial charge in [0.15, 0.2) is 6.61 Å². The maximum atomic E-state index is 12.8. The standard InChI is InChI=1S/C21H22BrN3O6/c1-10(25-19(28)16-12-2-3-13(8-12)17(16)20(25)29)21(30)31-9-15(26)23-24-18(27)11-4-6-14(22)7-5-11/h4-7,10,12-13,16-17H,2-3,8-9H2,1H3,(H,23,26)(H,24,27)/t10-,12+,13+,16-,17+/m1/s1. The van der Waals surface area contributed by atoms with Crippen LogP contribution in [0.4, 0.5) is 0 Å². The molecule has 2 aliphatic carbocycles. The van der Waals surface area contributed by atoms with Gasteiger partial charge in [0.25, 0.3) is 11.8 Å². The first-order valence-corrected chi connectivity index (χ1v) is 11.0. The van der Waals surface area contributed by atoms with Gasteiger partial charge in [-0.05, 0) is 62.3 Å². The van der Waals surface area contributed by atoms with E-state index in [-0.39, 0.29) is 35.5 Å². The zero-order valence-electron chi connectivity index (χ0n) is 16.8. The number of halogens is 1. The first-order chi connectivity index (χ1) is 14.8. The van der Waals surface area contributed by atoms with Gasteiger partial charge in [0.2, 0.25) is 11.8 Å². The highest BCUT2D eigenvalue weighted by Crippen LogP contribution is 2.56. The largest absolute Gasteiger partial charge is 0.454 e. The van der Waals surface area contributed by atoms with Gasteiger partial charge in [-0.25, -0.2) is 4.79 Å². The number of benzene rings is 1. The van der Waals surface area contributed by atoms with E-state index in [1.54, 1.807) is 24.3 Å². The number of rotatable bonds is 5. The van der Waals surface area contributed by atoms with Crippen LogP contribution in [0.1, 0.15) is 36.5 Å². The molecule has 0 spiro atoms. The Morgan fingerprint density at radius 2 is 1.65 bits per heavy atom. The summed E-state index contributed by atoms with van der Waals surface area (Å²) in [5, 5.41) is 0. The second kappa shape index (κ2) is 8.41. The van der Waals surface area contributed by atoms with Crippen molar-refractivity contribution in [2.75, 3.05) is 6.61 Å². The molecule has 4 amide bonds. The van der Waals surface area contributed by atoms with Crippen LogP contribution in [0, 0.1) is 23.7 Å². The SMILES string of the molecule is C[C@H](C(=O)OCC(=O)NNC(=O)c1ccc(Br)cc1)N1C(=O)[C@@H]2[C@H]3CC[C@@H](C3)[C@@H]2C1=O. The van der Waals surface area contributed by atoms with Crippen molar-refractivity contribution in [3.05, 3.63) is 34.3 Å². The lowest BCUT2D eigenvalue weighted by atomic mass is 9.81. The Morgan fingerprint density at radius 1 is 1.06 bits per heavy atom. The van der Waals surface area contributed by atoms with Crippen molar-refractivity contribution in [1.29, 1.82) is 0 Å². The molecule has 2 N–H and O–H groups in total. The minimum absolute atomic E-state index is 0.222. The van der Waals surface area contributed by atoms with Crippen molar-refractivity contribution in [2.45, 2.75) is 32.2 Å². The smallest absolute Gasteiger partial charge is 0.329 e. The Kier molecular flexibility index (Phi) is 5.83. The Hall–Kier alpha value is -2.75. The Bertz CT molecular complexity index is 921. The Labute approximate surface area is 187 Å². The summed E-state index contributed by atoms with van der Waals surface area (Å²) in [5.74, 6) is -2.94. The molecule has 3 aliphatic rings. The van der Waals surface area contributed by atoms with E-state index in [9.17, 15) is 24.0 Å². The van der Waals surface area contributed by atoms with Crippen molar-refractivity contribution in [2.24, 2.45) is 23.7 Å². The molecule has 3 fully saturated rings. The Balaban J connectivity index is 1.26. The predicted octanol–water partition coefficient (Wildman–Crippen LogP) is 1.17. The molecular weight excluding hydrogens is 470 g/mol. The third-order valence-corrected chi connectivity index (χ3v) is 6.99. The minimum atomic E-state index is -1.10. The summed E-state index contributed by atoms with van der Waals surface area (Å²) >= 11 is 3.26. The van der Waals surface area contributed by atoms with Crippen molar-refractivity contribution in [3.8, 4) is 0 Å². The fourth-order valence-electron chi connectivity index (χ4n) is 5.01. The van der Waals surface area contributed by atoms with Gasteiger partial charge in [0.1, 0.15) is 6.04 Å². The number of carbonyl (C=O) groups excluding carboxylic acids is 5. The fraction of sp³-hybridized carbons (Fsp3) is 0.476. The van der Waals surface area contributed by atoms with E-state index < -0.39 is 30.4 Å². The molecule has 2 saturated carbocycles. The molecule has 31 heavy (non-hydrogen) atoms. The number of imide groups is 1. The van der Waals surface area contributed by atoms with Crippen LogP contribution in [0.25, 0.3) is 0 Å². The summed E-state index contributed by atoms with van der Waals surface area (Å²) in [6, 6.07) is 5.40. The third kappa shape index (κ3) is 3.96. The topological polar surface area (TPSA) is 122 Å². The first-order valence-electron chi connectivity index (χ1n) is 10.2. The van der Waals surface area contributed by atoms with Crippen LogP contribution in [0.3, 0.4) is 0 Å². The van der Waals surface area contributed by atoms with Crippen LogP contribution in [0.5, 0.6) is 0 Å². The van der Waals surface area contributed by atoms with Crippen molar-refractivity contribution < 1.29 is 28.7 Å². The molecule has 1 aromatic rings. The Morgan fingerprint density at radius 3 is 2.23 bits per heavy atom. The van der Waals surface area contributed by atoms with Gasteiger partial charge in [0.05, 0.1) is 11.8 Å². The molecular formula is C21H22BrN3O6. The summed E-state index contributed by atoms with van der Waals surface area (Å²) in [6.07, 6.45) is 2.80. The zero-order chi connectivity index (χ0) is 22.3. The van der Waals surface area contributed by atoms with E-state index in [0.29, 0.717) is 5.56 Å². The summed E-state index contributed by atoms with van der Waals surface area (Å²) < 4.78 is 5.77. The lowest BCUT2D eigenvalue weighted by Gasteiger charge is -2.23. The van der Waals surface area contributed by atoms with Gasteiger partial charge < -0.3 is 4.74 Å². The second-order valence-corrected chi connectivity index (χ2v) is 9.14. The van der Waals surface area contributed by atoms with Crippen molar-refractivity contribution in [1.82, 2.24) is 15.8 Å². The molecule has 1 aromatic carbocycles. The maximum Gasteiger partial charge on any atom is 0.329 e.